The Morgan fingerprint density at radius 2 is 1.77 bits per heavy atom. The molecule has 0 aromatic heterocycles. The SMILES string of the molecule is Cc1cc(S(=O)(=O)N2CCCCC(c3ccc(F)cc3)C2)c(Cl)cc1Cl. The van der Waals surface area contributed by atoms with Gasteiger partial charge in [0.05, 0.1) is 5.02 Å². The van der Waals surface area contributed by atoms with Crippen LogP contribution >= 0.6 is 23.2 Å². The highest BCUT2D eigenvalue weighted by molar-refractivity contribution is 7.89. The van der Waals surface area contributed by atoms with Gasteiger partial charge < -0.3 is 0 Å². The molecule has 3 rings (SSSR count). The average Bonchev–Trinajstić information content (AvgIpc) is 2.85. The Morgan fingerprint density at radius 1 is 1.08 bits per heavy atom. The van der Waals surface area contributed by atoms with Gasteiger partial charge in [-0.3, -0.25) is 0 Å². The summed E-state index contributed by atoms with van der Waals surface area (Å²) in [6.45, 7) is 2.55. The van der Waals surface area contributed by atoms with Crippen LogP contribution in [0.3, 0.4) is 0 Å². The van der Waals surface area contributed by atoms with Gasteiger partial charge in [0.25, 0.3) is 0 Å². The Hall–Kier alpha value is -1.14. The van der Waals surface area contributed by atoms with Crippen molar-refractivity contribution in [1.82, 2.24) is 4.31 Å². The molecule has 0 aliphatic carbocycles. The monoisotopic (exact) mass is 415 g/mol. The minimum absolute atomic E-state index is 0.0278. The van der Waals surface area contributed by atoms with Crippen molar-refractivity contribution >= 4 is 33.2 Å². The average molecular weight is 416 g/mol. The topological polar surface area (TPSA) is 37.4 Å². The van der Waals surface area contributed by atoms with Crippen molar-refractivity contribution in [3.63, 3.8) is 0 Å². The summed E-state index contributed by atoms with van der Waals surface area (Å²) in [6.07, 6.45) is 2.56. The summed E-state index contributed by atoms with van der Waals surface area (Å²) in [5.41, 5.74) is 1.62. The number of halogens is 3. The second-order valence-corrected chi connectivity index (χ2v) is 9.36. The number of nitrogens with zero attached hydrogens (tertiary/aromatic N) is 1. The van der Waals surface area contributed by atoms with E-state index in [0.29, 0.717) is 23.7 Å². The third-order valence-corrected chi connectivity index (χ3v) is 7.54. The summed E-state index contributed by atoms with van der Waals surface area (Å²) in [6, 6.07) is 9.29. The normalized spacial score (nSPS) is 19.3. The largest absolute Gasteiger partial charge is 0.244 e. The first kappa shape index (κ1) is 19.6. The first-order chi connectivity index (χ1) is 12.3. The molecule has 1 saturated heterocycles. The summed E-state index contributed by atoms with van der Waals surface area (Å²) >= 11 is 12.2. The van der Waals surface area contributed by atoms with Gasteiger partial charge in [0.2, 0.25) is 10.0 Å². The predicted octanol–water partition coefficient (Wildman–Crippen LogP) is 5.40. The van der Waals surface area contributed by atoms with E-state index in [1.165, 1.54) is 28.6 Å². The molecule has 26 heavy (non-hydrogen) atoms. The summed E-state index contributed by atoms with van der Waals surface area (Å²) in [5.74, 6) is -0.268. The van der Waals surface area contributed by atoms with E-state index in [1.54, 1.807) is 19.1 Å². The quantitative estimate of drug-likeness (QED) is 0.672. The van der Waals surface area contributed by atoms with Crippen molar-refractivity contribution in [3.05, 3.63) is 63.4 Å². The number of rotatable bonds is 3. The van der Waals surface area contributed by atoms with E-state index in [1.807, 2.05) is 0 Å². The Kier molecular flexibility index (Phi) is 5.92. The smallest absolute Gasteiger partial charge is 0.207 e. The first-order valence-electron chi connectivity index (χ1n) is 8.50. The summed E-state index contributed by atoms with van der Waals surface area (Å²) in [4.78, 5) is 0.0841. The van der Waals surface area contributed by atoms with Gasteiger partial charge in [0, 0.05) is 18.1 Å². The van der Waals surface area contributed by atoms with Crippen LogP contribution in [0, 0.1) is 12.7 Å². The fraction of sp³-hybridized carbons (Fsp3) is 0.368. The maximum atomic E-state index is 13.2. The van der Waals surface area contributed by atoms with Gasteiger partial charge in [-0.15, -0.1) is 0 Å². The van der Waals surface area contributed by atoms with E-state index in [0.717, 1.165) is 24.8 Å². The molecule has 2 aromatic carbocycles. The molecule has 1 aliphatic rings. The lowest BCUT2D eigenvalue weighted by Crippen LogP contribution is -2.34. The molecule has 7 heteroatoms. The lowest BCUT2D eigenvalue weighted by molar-refractivity contribution is 0.406. The number of aryl methyl sites for hydroxylation is 1. The molecule has 0 bridgehead atoms. The summed E-state index contributed by atoms with van der Waals surface area (Å²) in [7, 11) is -3.74. The lowest BCUT2D eigenvalue weighted by atomic mass is 9.95. The number of hydrogen-bond acceptors (Lipinski definition) is 2. The van der Waals surface area contributed by atoms with E-state index < -0.39 is 10.0 Å². The van der Waals surface area contributed by atoms with E-state index in [4.69, 9.17) is 23.2 Å². The minimum atomic E-state index is -3.74. The summed E-state index contributed by atoms with van der Waals surface area (Å²) < 4.78 is 41.1. The maximum Gasteiger partial charge on any atom is 0.244 e. The highest BCUT2D eigenvalue weighted by atomic mass is 35.5. The van der Waals surface area contributed by atoms with E-state index in [-0.39, 0.29) is 21.7 Å². The van der Waals surface area contributed by atoms with Crippen LogP contribution in [0.1, 0.15) is 36.3 Å². The van der Waals surface area contributed by atoms with Gasteiger partial charge in [0.1, 0.15) is 10.7 Å². The number of sulfonamides is 1. The molecule has 0 saturated carbocycles. The van der Waals surface area contributed by atoms with Gasteiger partial charge in [-0.25, -0.2) is 12.8 Å². The molecule has 0 amide bonds. The molecule has 1 atom stereocenters. The van der Waals surface area contributed by atoms with Crippen LogP contribution in [0.2, 0.25) is 10.0 Å². The Labute approximate surface area is 163 Å². The van der Waals surface area contributed by atoms with Crippen LogP contribution in [0.5, 0.6) is 0 Å². The Bertz CT molecular complexity index is 901. The van der Waals surface area contributed by atoms with Crippen molar-refractivity contribution in [2.24, 2.45) is 0 Å². The van der Waals surface area contributed by atoms with Crippen LogP contribution in [-0.4, -0.2) is 25.8 Å². The van der Waals surface area contributed by atoms with E-state index in [9.17, 15) is 12.8 Å². The summed E-state index contributed by atoms with van der Waals surface area (Å²) in [5, 5.41) is 0.567. The molecule has 2 aromatic rings. The van der Waals surface area contributed by atoms with Gasteiger partial charge in [-0.05, 0) is 61.1 Å². The minimum Gasteiger partial charge on any atom is -0.207 e. The molecule has 140 valence electrons. The van der Waals surface area contributed by atoms with Crippen LogP contribution in [0.4, 0.5) is 4.39 Å². The lowest BCUT2D eigenvalue weighted by Gasteiger charge is -2.25. The molecule has 0 spiro atoms. The molecular formula is C19H20Cl2FNO2S. The second kappa shape index (κ2) is 7.85. The van der Waals surface area contributed by atoms with Crippen molar-refractivity contribution < 1.29 is 12.8 Å². The molecule has 1 heterocycles. The highest BCUT2D eigenvalue weighted by Gasteiger charge is 2.31. The predicted molar refractivity (Wildman–Crippen MR) is 103 cm³/mol. The van der Waals surface area contributed by atoms with Crippen LogP contribution in [0.15, 0.2) is 41.3 Å². The van der Waals surface area contributed by atoms with Crippen molar-refractivity contribution in [1.29, 1.82) is 0 Å². The van der Waals surface area contributed by atoms with Crippen molar-refractivity contribution in [3.8, 4) is 0 Å². The van der Waals surface area contributed by atoms with Crippen LogP contribution in [-0.2, 0) is 10.0 Å². The van der Waals surface area contributed by atoms with Crippen molar-refractivity contribution in [2.45, 2.75) is 37.0 Å². The first-order valence-corrected chi connectivity index (χ1v) is 10.7. The maximum absolute atomic E-state index is 13.2. The van der Waals surface area contributed by atoms with E-state index >= 15 is 0 Å². The fourth-order valence-corrected chi connectivity index (χ4v) is 5.63. The zero-order chi connectivity index (χ0) is 18.9. The van der Waals surface area contributed by atoms with Crippen molar-refractivity contribution in [2.75, 3.05) is 13.1 Å². The van der Waals surface area contributed by atoms with Gasteiger partial charge in [0.15, 0.2) is 0 Å². The third kappa shape index (κ3) is 4.06. The van der Waals surface area contributed by atoms with Gasteiger partial charge in [-0.1, -0.05) is 41.8 Å². The molecule has 1 fully saturated rings. The van der Waals surface area contributed by atoms with E-state index in [2.05, 4.69) is 0 Å². The van der Waals surface area contributed by atoms with Gasteiger partial charge in [-0.2, -0.15) is 4.31 Å². The fourth-order valence-electron chi connectivity index (χ4n) is 3.30. The Morgan fingerprint density at radius 3 is 2.46 bits per heavy atom. The molecular weight excluding hydrogens is 396 g/mol. The molecule has 1 unspecified atom stereocenters. The molecule has 0 N–H and O–H groups in total. The number of hydrogen-bond donors (Lipinski definition) is 0. The highest BCUT2D eigenvalue weighted by Crippen LogP contribution is 2.34. The molecule has 3 nitrogen and oxygen atoms in total. The number of benzene rings is 2. The third-order valence-electron chi connectivity index (χ3n) is 4.81. The molecule has 1 aliphatic heterocycles. The van der Waals surface area contributed by atoms with Gasteiger partial charge >= 0.3 is 0 Å². The zero-order valence-corrected chi connectivity index (χ0v) is 16.7. The standard InChI is InChI=1S/C19H20Cl2FNO2S/c1-13-10-19(18(21)11-17(13)20)26(24,25)23-9-3-2-4-15(12-23)14-5-7-16(22)8-6-14/h5-8,10-11,15H,2-4,9,12H2,1H3. The van der Waals surface area contributed by atoms with Crippen LogP contribution in [0.25, 0.3) is 0 Å². The molecule has 0 radical (unpaired) electrons. The zero-order valence-electron chi connectivity index (χ0n) is 14.4. The van der Waals surface area contributed by atoms with Crippen LogP contribution < -0.4 is 0 Å². The second-order valence-electron chi connectivity index (χ2n) is 6.64. The Balaban J connectivity index is 1.93.